The normalized spacial score (nSPS) is 16.0. The van der Waals surface area contributed by atoms with Gasteiger partial charge in [0.25, 0.3) is 22.2 Å². The quantitative estimate of drug-likeness (QED) is 0.0738. The summed E-state index contributed by atoms with van der Waals surface area (Å²) in [6.45, 7) is 16.1. The first kappa shape index (κ1) is 83.5. The molecule has 4 N–H and O–H groups in total. The van der Waals surface area contributed by atoms with Crippen LogP contribution in [0, 0.1) is 0 Å². The first-order chi connectivity index (χ1) is 56.5. The van der Waals surface area contributed by atoms with Gasteiger partial charge in [0.1, 0.15) is 34.2 Å². The zero-order valence-electron chi connectivity index (χ0n) is 65.5. The Balaban J connectivity index is 0.000000136. The van der Waals surface area contributed by atoms with Crippen molar-refractivity contribution in [2.75, 3.05) is 154 Å². The van der Waals surface area contributed by atoms with Crippen LogP contribution in [0.15, 0.2) is 183 Å². The molecule has 2 atom stereocenters. The number of anilines is 4. The van der Waals surface area contributed by atoms with E-state index in [-0.39, 0.29) is 73.3 Å². The lowest BCUT2D eigenvalue weighted by molar-refractivity contribution is -0.139. The molecule has 0 unspecified atom stereocenters. The van der Waals surface area contributed by atoms with E-state index in [0.29, 0.717) is 57.6 Å². The summed E-state index contributed by atoms with van der Waals surface area (Å²) in [5.74, 6) is 0.914. The van der Waals surface area contributed by atoms with Crippen LogP contribution in [0.2, 0.25) is 0 Å². The molecule has 0 spiro atoms. The Morgan fingerprint density at radius 1 is 0.322 bits per heavy atom. The average Bonchev–Trinajstić information content (AvgIpc) is 0.777. The molecule has 4 saturated heterocycles. The fourth-order valence-electron chi connectivity index (χ4n) is 14.4. The topological polar surface area (TPSA) is 254 Å². The third-order valence-corrected chi connectivity index (χ3v) is 20.4. The molecule has 0 amide bonds. The Hall–Kier alpha value is -12.5. The molecule has 0 saturated carbocycles. The number of halogens is 9. The molecule has 16 rings (SSSR count). The van der Waals surface area contributed by atoms with Crippen molar-refractivity contribution >= 4 is 45.3 Å². The van der Waals surface area contributed by atoms with Crippen LogP contribution in [0.5, 0.6) is 34.5 Å². The van der Waals surface area contributed by atoms with Gasteiger partial charge in [0, 0.05) is 181 Å². The molecule has 12 heterocycles. The van der Waals surface area contributed by atoms with Crippen LogP contribution >= 0.6 is 0 Å². The largest absolute Gasteiger partial charge is 0.496 e. The maximum absolute atomic E-state index is 13.3. The number of benzene rings is 4. The number of methoxy groups -OCH3 is 6. The number of hydrogen-bond acceptors (Lipinski definition) is 22. The molecule has 0 bridgehead atoms. The fourth-order valence-corrected chi connectivity index (χ4v) is 14.4. The van der Waals surface area contributed by atoms with Crippen LogP contribution in [-0.2, 0) is 18.5 Å². The summed E-state index contributed by atoms with van der Waals surface area (Å²) in [4.78, 5) is 77.7. The maximum Gasteiger partial charge on any atom is 0.419 e. The van der Waals surface area contributed by atoms with E-state index in [0.717, 1.165) is 138 Å². The van der Waals surface area contributed by atoms with Gasteiger partial charge in [-0.25, -0.2) is 19.9 Å². The Kier molecular flexibility index (Phi) is 25.1. The Bertz CT molecular complexity index is 5730. The summed E-state index contributed by atoms with van der Waals surface area (Å²) >= 11 is 0. The third-order valence-electron chi connectivity index (χ3n) is 20.4. The van der Waals surface area contributed by atoms with Gasteiger partial charge in [0.15, 0.2) is 22.9 Å². The predicted octanol–water partition coefficient (Wildman–Crippen LogP) is 11.0. The van der Waals surface area contributed by atoms with Crippen LogP contribution in [0.25, 0.3) is 67.6 Å². The molecule has 0 aliphatic carbocycles. The Labute approximate surface area is 669 Å². The van der Waals surface area contributed by atoms with Gasteiger partial charge in [-0.05, 0) is 123 Å². The van der Waals surface area contributed by atoms with Crippen molar-refractivity contribution in [2.24, 2.45) is 0 Å². The lowest BCUT2D eigenvalue weighted by atomic mass is 10.1. The van der Waals surface area contributed by atoms with E-state index in [9.17, 15) is 58.7 Å². The molecule has 4 aliphatic heterocycles. The van der Waals surface area contributed by atoms with Crippen LogP contribution in [0.4, 0.5) is 62.3 Å². The second-order valence-corrected chi connectivity index (χ2v) is 28.1. The van der Waals surface area contributed by atoms with Gasteiger partial charge in [-0.2, -0.15) is 39.5 Å². The van der Waals surface area contributed by atoms with Crippen molar-refractivity contribution < 1.29 is 67.9 Å². The summed E-state index contributed by atoms with van der Waals surface area (Å²) in [5.41, 5.74) is 3.69. The molecule has 118 heavy (non-hydrogen) atoms. The minimum Gasteiger partial charge on any atom is -0.496 e. The summed E-state index contributed by atoms with van der Waals surface area (Å²) in [6, 6.07) is 35.0. The fraction of sp³-hybridized carbons (Fsp3) is 0.325. The molecule has 26 nitrogen and oxygen atoms in total. The second kappa shape index (κ2) is 35.5. The van der Waals surface area contributed by atoms with E-state index in [2.05, 4.69) is 69.7 Å². The van der Waals surface area contributed by atoms with Crippen molar-refractivity contribution in [1.29, 1.82) is 0 Å². The number of rotatable bonds is 14. The SMILES string of the molecule is COc1ccc(-c2cc(=O)n3cc(N4CCNCC4)cc(OC)c3n2)cc1OC.COc1ccc(-c2cc(=O)n3cc(N4CCNCC4)ccc3n2)cc1C(F)(F)F.COc1ccc(-c2cc(=O)n3cc(N4CCN[C@@H](C)C4)ccc3n2)cc1C(F)(F)F.COc1ccc(-c2cc(=O)n3cc(N4CCN[C@H](C)C4)ccc3n2)cc1C(F)(F)F. The van der Waals surface area contributed by atoms with E-state index in [4.69, 9.17) is 33.4 Å². The second-order valence-electron chi connectivity index (χ2n) is 28.1. The van der Waals surface area contributed by atoms with E-state index < -0.39 is 35.2 Å². The van der Waals surface area contributed by atoms with Crippen LogP contribution in [0.1, 0.15) is 30.5 Å². The highest BCUT2D eigenvalue weighted by Crippen LogP contribution is 2.42. The molecule has 4 fully saturated rings. The molecular formula is C83H85F9N16O10. The zero-order valence-corrected chi connectivity index (χ0v) is 65.5. The molecule has 8 aromatic heterocycles. The highest BCUT2D eigenvalue weighted by Gasteiger charge is 2.38. The van der Waals surface area contributed by atoms with Gasteiger partial charge >= 0.3 is 18.5 Å². The van der Waals surface area contributed by atoms with E-state index in [1.54, 1.807) is 74.7 Å². The standard InChI is InChI=1S/2C21H21F3N4O2.C21H24N4O4.C20H19F3N4O2/c2*1-13-11-27(8-7-25-13)15-4-6-19-26-17(10-20(29)28(19)12-15)14-3-5-18(30-2)16(9-14)21(22,23)24;1-27-17-5-4-14(10-18(17)28-2)16-12-20(26)25-13-15(24-8-6-22-7-9-24)11-19(29-3)21(25)23-16;1-29-17-4-2-13(10-15(17)20(21,22)23)16-11-19(28)27-12-14(3-5-18(27)25-16)26-8-6-24-7-9-26/h2*3-6,9-10,12-13,25H,7-8,11H2,1-2H3;4-5,10-13,22H,6-9H2,1-3H3;2-5,10-12,24H,6-9H2,1H3/t2*13-;;/m10../s1. The number of hydrogen-bond donors (Lipinski definition) is 4. The summed E-state index contributed by atoms with van der Waals surface area (Å²) in [5, 5.41) is 13.3. The number of nitrogens with one attached hydrogen (secondary N) is 4. The van der Waals surface area contributed by atoms with Gasteiger partial charge in [-0.15, -0.1) is 0 Å². The number of pyridine rings is 4. The maximum atomic E-state index is 13.3. The highest BCUT2D eigenvalue weighted by atomic mass is 19.4. The Morgan fingerprint density at radius 2 is 0.627 bits per heavy atom. The zero-order chi connectivity index (χ0) is 83.9. The van der Waals surface area contributed by atoms with Crippen LogP contribution < -0.4 is 91.5 Å². The number of fused-ring (bicyclic) bond motifs is 4. The average molecular weight is 1640 g/mol. The first-order valence-electron chi connectivity index (χ1n) is 37.6. The minimum atomic E-state index is -4.58. The van der Waals surface area contributed by atoms with Crippen LogP contribution in [-0.4, -0.2) is 184 Å². The van der Waals surface area contributed by atoms with Gasteiger partial charge in [0.2, 0.25) is 0 Å². The van der Waals surface area contributed by atoms with E-state index in [1.807, 2.05) is 36.5 Å². The highest BCUT2D eigenvalue weighted by molar-refractivity contribution is 5.72. The summed E-state index contributed by atoms with van der Waals surface area (Å²) in [7, 11) is 8.29. The third kappa shape index (κ3) is 18.8. The number of alkyl halides is 9. The molecule has 0 radical (unpaired) electrons. The summed E-state index contributed by atoms with van der Waals surface area (Å²) < 4.78 is 156. The molecule has 620 valence electrons. The number of nitrogens with zero attached hydrogens (tertiary/aromatic N) is 12. The smallest absolute Gasteiger partial charge is 0.419 e. The van der Waals surface area contributed by atoms with Crippen molar-refractivity contribution in [3.63, 3.8) is 0 Å². The molecule has 35 heteroatoms. The van der Waals surface area contributed by atoms with Gasteiger partial charge in [0.05, 0.1) is 105 Å². The summed E-state index contributed by atoms with van der Waals surface area (Å²) in [6.07, 6.45) is -6.74. The minimum absolute atomic E-state index is 0.171. The number of aromatic nitrogens is 8. The number of piperazine rings is 4. The molecule has 4 aliphatic rings. The van der Waals surface area contributed by atoms with Gasteiger partial charge in [-0.3, -0.25) is 36.8 Å². The van der Waals surface area contributed by atoms with Crippen LogP contribution in [0.3, 0.4) is 0 Å². The van der Waals surface area contributed by atoms with Crippen molar-refractivity contribution in [2.45, 2.75) is 44.5 Å². The lowest BCUT2D eigenvalue weighted by Crippen LogP contribution is -2.49. The van der Waals surface area contributed by atoms with Gasteiger partial charge in [-0.1, -0.05) is 0 Å². The molecule has 4 aromatic carbocycles. The molecule has 12 aromatic rings. The lowest BCUT2D eigenvalue weighted by Gasteiger charge is -2.33. The monoisotopic (exact) mass is 1640 g/mol. The number of ether oxygens (including phenoxy) is 6. The van der Waals surface area contributed by atoms with Crippen molar-refractivity contribution in [1.82, 2.24) is 58.8 Å². The molecular weight excluding hydrogens is 1550 g/mol. The van der Waals surface area contributed by atoms with Crippen molar-refractivity contribution in [3.05, 3.63) is 222 Å². The predicted molar refractivity (Wildman–Crippen MR) is 431 cm³/mol. The Morgan fingerprint density at radius 3 is 0.975 bits per heavy atom. The van der Waals surface area contributed by atoms with E-state index in [1.165, 1.54) is 95.2 Å². The van der Waals surface area contributed by atoms with Gasteiger partial charge < -0.3 is 69.3 Å². The first-order valence-corrected chi connectivity index (χ1v) is 37.6. The van der Waals surface area contributed by atoms with Crippen molar-refractivity contribution in [3.8, 4) is 79.5 Å². The van der Waals surface area contributed by atoms with E-state index >= 15 is 0 Å².